The van der Waals surface area contributed by atoms with E-state index >= 15 is 0 Å². The third-order valence-corrected chi connectivity index (χ3v) is 3.49. The Hall–Kier alpha value is -2.84. The maximum Gasteiger partial charge on any atom is 0.422 e. The summed E-state index contributed by atoms with van der Waals surface area (Å²) in [5.74, 6) is 0.165. The zero-order valence-corrected chi connectivity index (χ0v) is 14.7. The van der Waals surface area contributed by atoms with E-state index in [2.05, 4.69) is 25.3 Å². The summed E-state index contributed by atoms with van der Waals surface area (Å²) in [5.41, 5.74) is 1.68. The monoisotopic (exact) mass is 384 g/mol. The molecule has 2 rings (SSSR count). The Morgan fingerprint density at radius 1 is 1.11 bits per heavy atom. The van der Waals surface area contributed by atoms with Crippen molar-refractivity contribution in [2.24, 2.45) is 4.99 Å². The highest BCUT2D eigenvalue weighted by molar-refractivity contribution is 5.79. The van der Waals surface area contributed by atoms with Crippen molar-refractivity contribution in [1.29, 1.82) is 0 Å². The molecule has 0 fully saturated rings. The number of hydrogen-bond acceptors (Lipinski definition) is 3. The molecule has 2 aromatic rings. The van der Waals surface area contributed by atoms with Crippen molar-refractivity contribution in [1.82, 2.24) is 15.6 Å². The summed E-state index contributed by atoms with van der Waals surface area (Å²) in [6.07, 6.45) is -2.34. The molecule has 0 bridgehead atoms. The van der Waals surface area contributed by atoms with Crippen LogP contribution in [0.4, 0.5) is 17.6 Å². The molecule has 0 saturated carbocycles. The second kappa shape index (κ2) is 9.75. The Morgan fingerprint density at radius 3 is 2.52 bits per heavy atom. The van der Waals surface area contributed by atoms with Gasteiger partial charge in [0.15, 0.2) is 12.6 Å². The lowest BCUT2D eigenvalue weighted by molar-refractivity contribution is -0.154. The number of nitrogens with zero attached hydrogens (tertiary/aromatic N) is 2. The quantitative estimate of drug-likeness (QED) is 0.438. The first-order valence-corrected chi connectivity index (χ1v) is 8.19. The number of benzene rings is 1. The smallest absolute Gasteiger partial charge is 0.422 e. The zero-order chi connectivity index (χ0) is 19.7. The molecular formula is C18H20F4N4O. The molecule has 0 atom stereocenters. The minimum Gasteiger partial charge on any atom is -0.468 e. The van der Waals surface area contributed by atoms with Crippen LogP contribution < -0.4 is 15.4 Å². The first kappa shape index (κ1) is 20.5. The molecule has 9 heteroatoms. The Labute approximate surface area is 154 Å². The number of aromatic nitrogens is 1. The predicted molar refractivity (Wildman–Crippen MR) is 94.1 cm³/mol. The first-order valence-electron chi connectivity index (χ1n) is 8.19. The molecule has 0 radical (unpaired) electrons. The average molecular weight is 384 g/mol. The van der Waals surface area contributed by atoms with Gasteiger partial charge in [-0.15, -0.1) is 0 Å². The topological polar surface area (TPSA) is 58.5 Å². The van der Waals surface area contributed by atoms with Crippen LogP contribution >= 0.6 is 0 Å². The molecule has 27 heavy (non-hydrogen) atoms. The van der Waals surface area contributed by atoms with Crippen LogP contribution in [0.1, 0.15) is 11.1 Å². The fourth-order valence-electron chi connectivity index (χ4n) is 2.18. The highest BCUT2D eigenvalue weighted by Gasteiger charge is 2.28. The summed E-state index contributed by atoms with van der Waals surface area (Å²) < 4.78 is 54.1. The number of nitrogens with one attached hydrogen (secondary N) is 2. The van der Waals surface area contributed by atoms with E-state index in [-0.39, 0.29) is 11.7 Å². The lowest BCUT2D eigenvalue weighted by atomic mass is 10.1. The lowest BCUT2D eigenvalue weighted by Gasteiger charge is -2.13. The molecular weight excluding hydrogens is 364 g/mol. The van der Waals surface area contributed by atoms with Gasteiger partial charge in [0.1, 0.15) is 5.82 Å². The number of ether oxygens (including phenoxy) is 1. The number of pyridine rings is 1. The van der Waals surface area contributed by atoms with Gasteiger partial charge in [0, 0.05) is 32.4 Å². The Kier molecular flexibility index (Phi) is 7.39. The highest BCUT2D eigenvalue weighted by atomic mass is 19.4. The summed E-state index contributed by atoms with van der Waals surface area (Å²) in [4.78, 5) is 7.83. The van der Waals surface area contributed by atoms with Crippen molar-refractivity contribution < 1.29 is 22.3 Å². The summed E-state index contributed by atoms with van der Waals surface area (Å²) >= 11 is 0. The number of halogens is 4. The minimum absolute atomic E-state index is 0.0918. The normalized spacial score (nSPS) is 12.0. The number of guanidine groups is 1. The van der Waals surface area contributed by atoms with E-state index < -0.39 is 12.8 Å². The van der Waals surface area contributed by atoms with Gasteiger partial charge in [-0.25, -0.2) is 9.37 Å². The van der Waals surface area contributed by atoms with E-state index in [4.69, 9.17) is 0 Å². The third kappa shape index (κ3) is 7.93. The van der Waals surface area contributed by atoms with Crippen LogP contribution in [0.3, 0.4) is 0 Å². The predicted octanol–water partition coefficient (Wildman–Crippen LogP) is 3.07. The minimum atomic E-state index is -4.41. The molecule has 1 aromatic heterocycles. The van der Waals surface area contributed by atoms with Crippen molar-refractivity contribution >= 4 is 5.96 Å². The van der Waals surface area contributed by atoms with E-state index in [1.165, 1.54) is 24.4 Å². The van der Waals surface area contributed by atoms with Gasteiger partial charge in [0.25, 0.3) is 0 Å². The van der Waals surface area contributed by atoms with E-state index in [0.717, 1.165) is 5.56 Å². The summed E-state index contributed by atoms with van der Waals surface area (Å²) in [6.45, 7) is -0.466. The number of rotatable bonds is 7. The Balaban J connectivity index is 1.79. The molecule has 0 aliphatic carbocycles. The van der Waals surface area contributed by atoms with Gasteiger partial charge < -0.3 is 15.4 Å². The van der Waals surface area contributed by atoms with Gasteiger partial charge in [-0.1, -0.05) is 12.1 Å². The molecule has 1 heterocycles. The van der Waals surface area contributed by atoms with Crippen LogP contribution in [-0.4, -0.2) is 37.3 Å². The van der Waals surface area contributed by atoms with Crippen LogP contribution in [-0.2, 0) is 13.0 Å². The second-order valence-electron chi connectivity index (χ2n) is 5.64. The fraction of sp³-hybridized carbons (Fsp3) is 0.333. The van der Waals surface area contributed by atoms with Gasteiger partial charge in [-0.05, 0) is 35.7 Å². The van der Waals surface area contributed by atoms with Crippen molar-refractivity contribution in [3.63, 3.8) is 0 Å². The van der Waals surface area contributed by atoms with E-state index in [9.17, 15) is 17.6 Å². The standard InChI is InChI=1S/C18H20F4N4O/c1-23-17(25-9-6-13-2-4-15(19)5-3-13)26-11-14-7-8-24-16(10-14)27-12-18(20,21)22/h2-5,7-8,10H,6,9,11-12H2,1H3,(H2,23,25,26). The van der Waals surface area contributed by atoms with Crippen molar-refractivity contribution in [3.8, 4) is 5.88 Å². The van der Waals surface area contributed by atoms with Crippen molar-refractivity contribution in [3.05, 3.63) is 59.5 Å². The second-order valence-corrected chi connectivity index (χ2v) is 5.64. The molecule has 2 N–H and O–H groups in total. The SMILES string of the molecule is CN=C(NCCc1ccc(F)cc1)NCc1ccnc(OCC(F)(F)F)c1. The third-order valence-electron chi connectivity index (χ3n) is 3.49. The molecule has 0 saturated heterocycles. The first-order chi connectivity index (χ1) is 12.9. The molecule has 0 aliphatic rings. The largest absolute Gasteiger partial charge is 0.468 e. The van der Waals surface area contributed by atoms with Gasteiger partial charge >= 0.3 is 6.18 Å². The highest BCUT2D eigenvalue weighted by Crippen LogP contribution is 2.17. The van der Waals surface area contributed by atoms with Gasteiger partial charge in [0.2, 0.25) is 5.88 Å². The van der Waals surface area contributed by atoms with Crippen LogP contribution in [0.15, 0.2) is 47.6 Å². The molecule has 1 aromatic carbocycles. The van der Waals surface area contributed by atoms with E-state index in [1.54, 1.807) is 25.2 Å². The maximum absolute atomic E-state index is 12.9. The summed E-state index contributed by atoms with van der Waals surface area (Å²) in [7, 11) is 1.61. The van der Waals surface area contributed by atoms with Crippen LogP contribution in [0.25, 0.3) is 0 Å². The number of alkyl halides is 3. The number of hydrogen-bond donors (Lipinski definition) is 2. The maximum atomic E-state index is 12.9. The Morgan fingerprint density at radius 2 is 1.85 bits per heavy atom. The molecule has 0 aliphatic heterocycles. The average Bonchev–Trinajstić information content (AvgIpc) is 2.64. The summed E-state index contributed by atoms with van der Waals surface area (Å²) in [5, 5.41) is 6.17. The molecule has 146 valence electrons. The van der Waals surface area contributed by atoms with Crippen molar-refractivity contribution in [2.45, 2.75) is 19.1 Å². The molecule has 0 amide bonds. The molecule has 0 unspecified atom stereocenters. The zero-order valence-electron chi connectivity index (χ0n) is 14.7. The van der Waals surface area contributed by atoms with Crippen molar-refractivity contribution in [2.75, 3.05) is 20.2 Å². The van der Waals surface area contributed by atoms with E-state index in [1.807, 2.05) is 0 Å². The molecule has 5 nitrogen and oxygen atoms in total. The van der Waals surface area contributed by atoms with Crippen LogP contribution in [0.2, 0.25) is 0 Å². The van der Waals surface area contributed by atoms with Crippen LogP contribution in [0.5, 0.6) is 5.88 Å². The van der Waals surface area contributed by atoms with Gasteiger partial charge in [0.05, 0.1) is 0 Å². The Bertz CT molecular complexity index is 748. The van der Waals surface area contributed by atoms with Gasteiger partial charge in [-0.3, -0.25) is 4.99 Å². The lowest BCUT2D eigenvalue weighted by Crippen LogP contribution is -2.37. The number of aliphatic imine (C=N–C) groups is 1. The summed E-state index contributed by atoms with van der Waals surface area (Å²) in [6, 6.07) is 9.34. The van der Waals surface area contributed by atoms with Crippen LogP contribution in [0, 0.1) is 5.82 Å². The van der Waals surface area contributed by atoms with Gasteiger partial charge in [-0.2, -0.15) is 13.2 Å². The van der Waals surface area contributed by atoms with E-state index in [0.29, 0.717) is 31.0 Å². The fourth-order valence-corrected chi connectivity index (χ4v) is 2.18. The molecule has 0 spiro atoms.